The van der Waals surface area contributed by atoms with Gasteiger partial charge in [-0.25, -0.2) is 0 Å². The average Bonchev–Trinajstić information content (AvgIpc) is 2.35. The van der Waals surface area contributed by atoms with Crippen molar-refractivity contribution in [1.29, 1.82) is 0 Å². The second-order valence-corrected chi connectivity index (χ2v) is 6.05. The molecule has 0 aliphatic carbocycles. The van der Waals surface area contributed by atoms with Gasteiger partial charge in [0.2, 0.25) is 0 Å². The van der Waals surface area contributed by atoms with Crippen LogP contribution in [0.5, 0.6) is 0 Å². The normalized spacial score (nSPS) is 13.9. The number of rotatable bonds is 6. The van der Waals surface area contributed by atoms with Crippen LogP contribution in [0.25, 0.3) is 0 Å². The molecule has 2 nitrogen and oxygen atoms in total. The predicted octanol–water partition coefficient (Wildman–Crippen LogP) is 4.38. The molecule has 2 atom stereocenters. The summed E-state index contributed by atoms with van der Waals surface area (Å²) in [4.78, 5) is 11.7. The molecule has 1 rings (SSSR count). The Labute approximate surface area is 123 Å². The van der Waals surface area contributed by atoms with Gasteiger partial charge in [-0.3, -0.25) is 4.79 Å². The number of hydrogen-bond donors (Lipinski definition) is 0. The summed E-state index contributed by atoms with van der Waals surface area (Å²) in [6.45, 7) is 13.0. The molecule has 2 heteroatoms. The van der Waals surface area contributed by atoms with E-state index < -0.39 is 0 Å². The Morgan fingerprint density at radius 2 is 1.70 bits per heavy atom. The van der Waals surface area contributed by atoms with E-state index in [1.807, 2.05) is 13.8 Å². The first-order chi connectivity index (χ1) is 9.35. The van der Waals surface area contributed by atoms with Crippen LogP contribution in [0.15, 0.2) is 12.1 Å². The van der Waals surface area contributed by atoms with E-state index in [4.69, 9.17) is 4.74 Å². The quantitative estimate of drug-likeness (QED) is 0.721. The van der Waals surface area contributed by atoms with Crippen molar-refractivity contribution in [1.82, 2.24) is 0 Å². The molecule has 0 fully saturated rings. The Hall–Kier alpha value is -1.31. The van der Waals surface area contributed by atoms with Gasteiger partial charge < -0.3 is 4.74 Å². The highest BCUT2D eigenvalue weighted by molar-refractivity contribution is 5.71. The molecule has 1 aromatic rings. The van der Waals surface area contributed by atoms with Crippen molar-refractivity contribution in [2.45, 2.75) is 54.4 Å². The lowest BCUT2D eigenvalue weighted by atomic mass is 9.89. The first-order valence-electron chi connectivity index (χ1n) is 7.58. The third-order valence-corrected chi connectivity index (χ3v) is 4.02. The zero-order chi connectivity index (χ0) is 15.3. The van der Waals surface area contributed by atoms with Crippen LogP contribution in [0.2, 0.25) is 0 Å². The summed E-state index contributed by atoms with van der Waals surface area (Å²) in [6.07, 6.45) is 1.90. The molecule has 0 aromatic heterocycles. The van der Waals surface area contributed by atoms with Crippen molar-refractivity contribution in [2.75, 3.05) is 6.61 Å². The van der Waals surface area contributed by atoms with Crippen molar-refractivity contribution in [3.63, 3.8) is 0 Å². The maximum atomic E-state index is 11.7. The van der Waals surface area contributed by atoms with Gasteiger partial charge in [0.1, 0.15) is 0 Å². The molecule has 1 aromatic carbocycles. The van der Waals surface area contributed by atoms with Gasteiger partial charge in [-0.15, -0.1) is 0 Å². The van der Waals surface area contributed by atoms with Gasteiger partial charge in [-0.1, -0.05) is 26.0 Å². The Morgan fingerprint density at radius 1 is 1.15 bits per heavy atom. The molecule has 0 saturated carbocycles. The largest absolute Gasteiger partial charge is 0.466 e. The van der Waals surface area contributed by atoms with Crippen LogP contribution in [-0.4, -0.2) is 12.6 Å². The fourth-order valence-corrected chi connectivity index (χ4v) is 2.71. The lowest BCUT2D eigenvalue weighted by Crippen LogP contribution is -2.18. The number of hydrogen-bond acceptors (Lipinski definition) is 2. The van der Waals surface area contributed by atoms with Crippen LogP contribution in [0.4, 0.5) is 0 Å². The van der Waals surface area contributed by atoms with Crippen molar-refractivity contribution in [2.24, 2.45) is 11.8 Å². The summed E-state index contributed by atoms with van der Waals surface area (Å²) < 4.78 is 5.07. The molecule has 0 aliphatic rings. The molecule has 0 amide bonds. The van der Waals surface area contributed by atoms with Crippen LogP contribution in [0, 0.1) is 32.6 Å². The average molecular weight is 276 g/mol. The molecule has 0 N–H and O–H groups in total. The second-order valence-electron chi connectivity index (χ2n) is 6.05. The first kappa shape index (κ1) is 16.7. The van der Waals surface area contributed by atoms with Crippen LogP contribution in [0.1, 0.15) is 49.4 Å². The summed E-state index contributed by atoms with van der Waals surface area (Å²) in [6, 6.07) is 4.54. The van der Waals surface area contributed by atoms with E-state index in [0.717, 1.165) is 12.8 Å². The van der Waals surface area contributed by atoms with E-state index in [-0.39, 0.29) is 11.9 Å². The van der Waals surface area contributed by atoms with Crippen molar-refractivity contribution < 1.29 is 9.53 Å². The van der Waals surface area contributed by atoms with E-state index >= 15 is 0 Å². The minimum absolute atomic E-state index is 0.0161. The molecule has 0 saturated heterocycles. The van der Waals surface area contributed by atoms with Crippen molar-refractivity contribution in [3.8, 4) is 0 Å². The fraction of sp³-hybridized carbons (Fsp3) is 0.611. The van der Waals surface area contributed by atoms with E-state index in [9.17, 15) is 4.79 Å². The van der Waals surface area contributed by atoms with E-state index in [2.05, 4.69) is 39.8 Å². The van der Waals surface area contributed by atoms with E-state index in [0.29, 0.717) is 12.5 Å². The minimum atomic E-state index is -0.0735. The third-order valence-electron chi connectivity index (χ3n) is 4.02. The molecule has 0 bridgehead atoms. The highest BCUT2D eigenvalue weighted by Gasteiger charge is 2.17. The minimum Gasteiger partial charge on any atom is -0.466 e. The predicted molar refractivity (Wildman–Crippen MR) is 83.9 cm³/mol. The second kappa shape index (κ2) is 7.47. The van der Waals surface area contributed by atoms with Crippen molar-refractivity contribution >= 4 is 5.97 Å². The topological polar surface area (TPSA) is 26.3 Å². The van der Waals surface area contributed by atoms with Crippen LogP contribution in [0.3, 0.4) is 0 Å². The molecule has 0 radical (unpaired) electrons. The number of benzene rings is 1. The molecular formula is C18H28O2. The lowest BCUT2D eigenvalue weighted by Gasteiger charge is -2.17. The zero-order valence-electron chi connectivity index (χ0n) is 13.7. The summed E-state index contributed by atoms with van der Waals surface area (Å²) in [5, 5.41) is 0. The first-order valence-corrected chi connectivity index (χ1v) is 7.58. The Morgan fingerprint density at radius 3 is 2.20 bits per heavy atom. The maximum Gasteiger partial charge on any atom is 0.308 e. The summed E-state index contributed by atoms with van der Waals surface area (Å²) in [5.41, 5.74) is 5.45. The summed E-state index contributed by atoms with van der Waals surface area (Å²) in [7, 11) is 0. The molecule has 0 aliphatic heterocycles. The fourth-order valence-electron chi connectivity index (χ4n) is 2.71. The molecule has 0 spiro atoms. The number of esters is 1. The third kappa shape index (κ3) is 4.66. The zero-order valence-corrected chi connectivity index (χ0v) is 13.7. The van der Waals surface area contributed by atoms with Crippen molar-refractivity contribution in [3.05, 3.63) is 34.4 Å². The SMILES string of the molecule is CCOC(=O)C(C)CC(C)Cc1cc(C)c(C)c(C)c1. The van der Waals surface area contributed by atoms with Gasteiger partial charge in [0.15, 0.2) is 0 Å². The monoisotopic (exact) mass is 276 g/mol. The van der Waals surface area contributed by atoms with Crippen LogP contribution >= 0.6 is 0 Å². The molecule has 0 heterocycles. The summed E-state index contributed by atoms with van der Waals surface area (Å²) >= 11 is 0. The molecule has 20 heavy (non-hydrogen) atoms. The standard InChI is InChI=1S/C18H28O2/c1-7-20-18(19)15(5)8-12(2)9-17-10-13(3)16(6)14(4)11-17/h10-12,15H,7-9H2,1-6H3. The van der Waals surface area contributed by atoms with Gasteiger partial charge in [0, 0.05) is 0 Å². The Bertz CT molecular complexity index is 439. The highest BCUT2D eigenvalue weighted by atomic mass is 16.5. The smallest absolute Gasteiger partial charge is 0.308 e. The lowest BCUT2D eigenvalue weighted by molar-refractivity contribution is -0.147. The Kier molecular flexibility index (Phi) is 6.25. The van der Waals surface area contributed by atoms with Gasteiger partial charge in [0.25, 0.3) is 0 Å². The summed E-state index contributed by atoms with van der Waals surface area (Å²) in [5.74, 6) is 0.393. The highest BCUT2D eigenvalue weighted by Crippen LogP contribution is 2.21. The number of ether oxygens (including phenoxy) is 1. The number of aryl methyl sites for hydroxylation is 2. The van der Waals surface area contributed by atoms with Gasteiger partial charge in [0.05, 0.1) is 12.5 Å². The maximum absolute atomic E-state index is 11.7. The van der Waals surface area contributed by atoms with Gasteiger partial charge in [-0.05, 0) is 68.7 Å². The van der Waals surface area contributed by atoms with E-state index in [1.54, 1.807) is 0 Å². The van der Waals surface area contributed by atoms with E-state index in [1.165, 1.54) is 22.3 Å². The Balaban J connectivity index is 2.62. The van der Waals surface area contributed by atoms with Crippen LogP contribution < -0.4 is 0 Å². The van der Waals surface area contributed by atoms with Crippen LogP contribution in [-0.2, 0) is 16.0 Å². The molecule has 112 valence electrons. The van der Waals surface area contributed by atoms with Gasteiger partial charge >= 0.3 is 5.97 Å². The number of carbonyl (C=O) groups is 1. The molecule has 2 unspecified atom stereocenters. The molecular weight excluding hydrogens is 248 g/mol. The van der Waals surface area contributed by atoms with Gasteiger partial charge in [-0.2, -0.15) is 0 Å². The number of carbonyl (C=O) groups excluding carboxylic acids is 1.